The van der Waals surface area contributed by atoms with Crippen molar-refractivity contribution in [3.05, 3.63) is 89.4 Å². The highest BCUT2D eigenvalue weighted by Gasteiger charge is 2.25. The fourth-order valence-corrected chi connectivity index (χ4v) is 5.61. The largest absolute Gasteiger partial charge is 0.449 e. The van der Waals surface area contributed by atoms with Crippen molar-refractivity contribution < 1.29 is 22.1 Å². The molecule has 0 atom stereocenters. The van der Waals surface area contributed by atoms with E-state index in [9.17, 15) is 13.2 Å². The molecule has 0 heterocycles. The maximum Gasteiger partial charge on any atom is 0.418 e. The quantitative estimate of drug-likeness (QED) is 0.262. The Morgan fingerprint density at radius 3 is 2.11 bits per heavy atom. The van der Waals surface area contributed by atoms with Crippen molar-refractivity contribution in [2.75, 3.05) is 18.1 Å². The minimum absolute atomic E-state index is 0.174. The monoisotopic (exact) mass is 541 g/mol. The van der Waals surface area contributed by atoms with E-state index in [0.29, 0.717) is 29.7 Å². The number of nitrogens with zero attached hydrogens (tertiary/aromatic N) is 1. The Labute approximate surface area is 224 Å². The van der Waals surface area contributed by atoms with Gasteiger partial charge < -0.3 is 4.74 Å². The lowest BCUT2D eigenvalue weighted by molar-refractivity contribution is 0.113. The number of aryl methyl sites for hydroxylation is 1. The van der Waals surface area contributed by atoms with Crippen LogP contribution in [-0.4, -0.2) is 27.7 Å². The second-order valence-electron chi connectivity index (χ2n) is 9.49. The van der Waals surface area contributed by atoms with E-state index in [1.165, 1.54) is 0 Å². The number of para-hydroxylation sites is 1. The molecule has 37 heavy (non-hydrogen) atoms. The van der Waals surface area contributed by atoms with Gasteiger partial charge >= 0.3 is 6.09 Å². The van der Waals surface area contributed by atoms with E-state index in [-0.39, 0.29) is 17.4 Å². The summed E-state index contributed by atoms with van der Waals surface area (Å²) < 4.78 is 35.8. The highest BCUT2D eigenvalue weighted by Crippen LogP contribution is 2.32. The molecule has 3 aromatic rings. The lowest BCUT2D eigenvalue weighted by Crippen LogP contribution is -2.29. The number of carbonyl (C=O) groups excluding carboxylic acids is 1. The molecule has 1 fully saturated rings. The van der Waals surface area contributed by atoms with Gasteiger partial charge in [0.05, 0.1) is 29.5 Å². The topological polar surface area (TPSA) is 72.9 Å². The van der Waals surface area contributed by atoms with Gasteiger partial charge in [-0.2, -0.15) is 8.42 Å². The van der Waals surface area contributed by atoms with Gasteiger partial charge in [-0.3, -0.25) is 4.18 Å². The van der Waals surface area contributed by atoms with Gasteiger partial charge in [0.15, 0.2) is 0 Å². The summed E-state index contributed by atoms with van der Waals surface area (Å²) in [6.07, 6.45) is 4.02. The minimum Gasteiger partial charge on any atom is -0.449 e. The van der Waals surface area contributed by atoms with Crippen molar-refractivity contribution in [2.24, 2.45) is 11.8 Å². The molecule has 0 unspecified atom stereocenters. The van der Waals surface area contributed by atoms with Crippen molar-refractivity contribution in [3.8, 4) is 0 Å². The molecule has 196 valence electrons. The first-order valence-corrected chi connectivity index (χ1v) is 14.3. The van der Waals surface area contributed by atoms with Crippen LogP contribution in [0.4, 0.5) is 16.2 Å². The van der Waals surface area contributed by atoms with Crippen LogP contribution >= 0.6 is 11.6 Å². The molecule has 0 aromatic heterocycles. The molecule has 0 N–H and O–H groups in total. The number of rotatable bonds is 9. The van der Waals surface area contributed by atoms with Crippen molar-refractivity contribution in [2.45, 2.75) is 43.9 Å². The second kappa shape index (κ2) is 12.6. The summed E-state index contributed by atoms with van der Waals surface area (Å²) >= 11 is 6.03. The molecule has 6 nitrogen and oxygen atoms in total. The molecule has 1 aliphatic rings. The van der Waals surface area contributed by atoms with Crippen LogP contribution in [0.1, 0.15) is 37.7 Å². The molecule has 1 saturated carbocycles. The van der Waals surface area contributed by atoms with E-state index >= 15 is 0 Å². The van der Waals surface area contributed by atoms with Gasteiger partial charge in [0.25, 0.3) is 10.1 Å². The van der Waals surface area contributed by atoms with Gasteiger partial charge in [-0.25, -0.2) is 9.69 Å². The Bertz CT molecular complexity index is 1260. The normalized spacial score (nSPS) is 17.8. The number of hydrogen-bond donors (Lipinski definition) is 0. The molecular weight excluding hydrogens is 510 g/mol. The second-order valence-corrected chi connectivity index (χ2v) is 11.5. The van der Waals surface area contributed by atoms with Crippen molar-refractivity contribution in [1.29, 1.82) is 0 Å². The average molecular weight is 542 g/mol. The summed E-state index contributed by atoms with van der Waals surface area (Å²) in [6, 6.07) is 23.1. The summed E-state index contributed by atoms with van der Waals surface area (Å²) in [6.45, 7) is 2.43. The molecular formula is C29H32ClNO5S. The third kappa shape index (κ3) is 7.57. The van der Waals surface area contributed by atoms with Crippen molar-refractivity contribution in [1.82, 2.24) is 0 Å². The smallest absolute Gasteiger partial charge is 0.418 e. The first-order chi connectivity index (χ1) is 17.8. The van der Waals surface area contributed by atoms with E-state index in [2.05, 4.69) is 0 Å². The first-order valence-electron chi connectivity index (χ1n) is 12.6. The Morgan fingerprint density at radius 1 is 0.865 bits per heavy atom. The van der Waals surface area contributed by atoms with E-state index in [0.717, 1.165) is 36.9 Å². The van der Waals surface area contributed by atoms with E-state index in [1.54, 1.807) is 53.4 Å². The molecule has 0 radical (unpaired) electrons. The van der Waals surface area contributed by atoms with Gasteiger partial charge in [-0.1, -0.05) is 47.5 Å². The number of amides is 1. The zero-order valence-electron chi connectivity index (χ0n) is 20.9. The SMILES string of the molecule is Cc1ccc(S(=O)(=O)OCC[C@H]2CC[C@@H](COC(=O)N(c3ccccc3)c3ccc(Cl)cc3)CC2)cc1. The van der Waals surface area contributed by atoms with Gasteiger partial charge in [0.1, 0.15) is 0 Å². The standard InChI is InChI=1S/C29H32ClNO5S/c1-22-7-17-28(18-8-22)37(33,34)36-20-19-23-9-11-24(12-10-23)21-35-29(32)31(26-5-3-2-4-6-26)27-15-13-25(30)14-16-27/h2-8,13-18,23-24H,9-12,19-21H2,1H3/t23-,24+. The predicted octanol–water partition coefficient (Wildman–Crippen LogP) is 7.53. The van der Waals surface area contributed by atoms with Crippen LogP contribution in [0.5, 0.6) is 0 Å². The molecule has 0 aliphatic heterocycles. The number of anilines is 2. The predicted molar refractivity (Wildman–Crippen MR) is 146 cm³/mol. The van der Waals surface area contributed by atoms with Crippen LogP contribution in [0.3, 0.4) is 0 Å². The van der Waals surface area contributed by atoms with Crippen LogP contribution < -0.4 is 4.90 Å². The third-order valence-electron chi connectivity index (χ3n) is 6.76. The van der Waals surface area contributed by atoms with Gasteiger partial charge in [0.2, 0.25) is 0 Å². The van der Waals surface area contributed by atoms with Crippen molar-refractivity contribution >= 4 is 39.2 Å². The summed E-state index contributed by atoms with van der Waals surface area (Å²) in [7, 11) is -3.73. The summed E-state index contributed by atoms with van der Waals surface area (Å²) in [4.78, 5) is 14.8. The van der Waals surface area contributed by atoms with E-state index in [1.807, 2.05) is 37.3 Å². The molecule has 0 bridgehead atoms. The zero-order valence-corrected chi connectivity index (χ0v) is 22.5. The Kier molecular flexibility index (Phi) is 9.24. The lowest BCUT2D eigenvalue weighted by atomic mass is 9.81. The van der Waals surface area contributed by atoms with Crippen molar-refractivity contribution in [3.63, 3.8) is 0 Å². The maximum absolute atomic E-state index is 13.1. The van der Waals surface area contributed by atoms with Crippen LogP contribution in [0.25, 0.3) is 0 Å². The number of halogens is 1. The van der Waals surface area contributed by atoms with Crippen LogP contribution in [0.15, 0.2) is 83.8 Å². The van der Waals surface area contributed by atoms with Crippen LogP contribution in [0.2, 0.25) is 5.02 Å². The fraction of sp³-hybridized carbons (Fsp3) is 0.345. The number of hydrogen-bond acceptors (Lipinski definition) is 5. The fourth-order valence-electron chi connectivity index (χ4n) is 4.57. The van der Waals surface area contributed by atoms with Gasteiger partial charge in [0, 0.05) is 5.02 Å². The van der Waals surface area contributed by atoms with Crippen LogP contribution in [-0.2, 0) is 19.0 Å². The molecule has 1 amide bonds. The molecule has 3 aromatic carbocycles. The lowest BCUT2D eigenvalue weighted by Gasteiger charge is -2.29. The number of carbonyl (C=O) groups is 1. The summed E-state index contributed by atoms with van der Waals surface area (Å²) in [5.41, 5.74) is 2.41. The molecule has 4 rings (SSSR count). The highest BCUT2D eigenvalue weighted by molar-refractivity contribution is 7.86. The first kappa shape index (κ1) is 27.2. The van der Waals surface area contributed by atoms with Crippen LogP contribution in [0, 0.1) is 18.8 Å². The van der Waals surface area contributed by atoms with Gasteiger partial charge in [-0.15, -0.1) is 0 Å². The molecule has 0 spiro atoms. The maximum atomic E-state index is 13.1. The zero-order chi connectivity index (χ0) is 26.3. The Morgan fingerprint density at radius 2 is 1.46 bits per heavy atom. The molecule has 8 heteroatoms. The summed E-state index contributed by atoms with van der Waals surface area (Å²) in [5.74, 6) is 0.676. The Balaban J connectivity index is 1.24. The van der Waals surface area contributed by atoms with Gasteiger partial charge in [-0.05, 0) is 99.4 Å². The number of benzene rings is 3. The summed E-state index contributed by atoms with van der Waals surface area (Å²) in [5, 5.41) is 0.597. The molecule has 1 aliphatic carbocycles. The minimum atomic E-state index is -3.73. The number of ether oxygens (including phenoxy) is 1. The highest BCUT2D eigenvalue weighted by atomic mass is 35.5. The third-order valence-corrected chi connectivity index (χ3v) is 8.34. The Hall–Kier alpha value is -2.87. The average Bonchev–Trinajstić information content (AvgIpc) is 2.90. The molecule has 0 saturated heterocycles. The van der Waals surface area contributed by atoms with E-state index < -0.39 is 16.2 Å². The van der Waals surface area contributed by atoms with E-state index in [4.69, 9.17) is 20.5 Å².